The summed E-state index contributed by atoms with van der Waals surface area (Å²) in [5.41, 5.74) is 0.480. The summed E-state index contributed by atoms with van der Waals surface area (Å²) >= 11 is 5.91. The van der Waals surface area contributed by atoms with Crippen LogP contribution in [0.5, 0.6) is 11.5 Å². The van der Waals surface area contributed by atoms with Gasteiger partial charge in [0.15, 0.2) is 0 Å². The Hall–Kier alpha value is -1.68. The van der Waals surface area contributed by atoms with Crippen molar-refractivity contribution in [1.82, 2.24) is 0 Å². The summed E-state index contributed by atoms with van der Waals surface area (Å²) in [5, 5.41) is 3.01. The normalized spacial score (nSPS) is 9.44. The SMILES string of the molecule is C=CC(=O)Nc1cc(OC)c(Cl)cc1OC. The second-order valence-electron chi connectivity index (χ2n) is 2.88. The summed E-state index contributed by atoms with van der Waals surface area (Å²) in [6.45, 7) is 3.36. The van der Waals surface area contributed by atoms with Crippen LogP contribution in [0.4, 0.5) is 5.69 Å². The van der Waals surface area contributed by atoms with Crippen LogP contribution in [0.15, 0.2) is 24.8 Å². The van der Waals surface area contributed by atoms with Crippen LogP contribution in [0.1, 0.15) is 0 Å². The highest BCUT2D eigenvalue weighted by molar-refractivity contribution is 6.32. The number of halogens is 1. The number of rotatable bonds is 4. The van der Waals surface area contributed by atoms with Gasteiger partial charge in [-0.25, -0.2) is 0 Å². The Morgan fingerprint density at radius 1 is 1.38 bits per heavy atom. The quantitative estimate of drug-likeness (QED) is 0.824. The molecular weight excluding hydrogens is 230 g/mol. The predicted molar refractivity (Wildman–Crippen MR) is 63.4 cm³/mol. The Labute approximate surface area is 98.8 Å². The average molecular weight is 242 g/mol. The number of hydrogen-bond donors (Lipinski definition) is 1. The second kappa shape index (κ2) is 5.42. The molecule has 0 aromatic heterocycles. The van der Waals surface area contributed by atoms with Gasteiger partial charge in [0, 0.05) is 12.1 Å². The van der Waals surface area contributed by atoms with Crippen LogP contribution in [0, 0.1) is 0 Å². The Morgan fingerprint density at radius 3 is 2.50 bits per heavy atom. The third-order valence-corrected chi connectivity index (χ3v) is 2.21. The summed E-state index contributed by atoms with van der Waals surface area (Å²) in [6.07, 6.45) is 1.17. The van der Waals surface area contributed by atoms with E-state index in [2.05, 4.69) is 11.9 Å². The van der Waals surface area contributed by atoms with Crippen molar-refractivity contribution in [2.75, 3.05) is 19.5 Å². The fourth-order valence-electron chi connectivity index (χ4n) is 1.14. The van der Waals surface area contributed by atoms with Gasteiger partial charge in [-0.1, -0.05) is 18.2 Å². The fraction of sp³-hybridized carbons (Fsp3) is 0.182. The maximum atomic E-state index is 11.2. The van der Waals surface area contributed by atoms with Crippen LogP contribution in [-0.2, 0) is 4.79 Å². The lowest BCUT2D eigenvalue weighted by molar-refractivity contribution is -0.111. The predicted octanol–water partition coefficient (Wildman–Crippen LogP) is 2.48. The average Bonchev–Trinajstić information content (AvgIpc) is 2.30. The van der Waals surface area contributed by atoms with Gasteiger partial charge in [-0.2, -0.15) is 0 Å². The van der Waals surface area contributed by atoms with Gasteiger partial charge in [0.25, 0.3) is 0 Å². The highest BCUT2D eigenvalue weighted by Crippen LogP contribution is 2.35. The summed E-state index contributed by atoms with van der Waals surface area (Å²) in [4.78, 5) is 11.2. The lowest BCUT2D eigenvalue weighted by atomic mass is 10.2. The molecule has 1 aromatic carbocycles. The first-order valence-electron chi connectivity index (χ1n) is 4.47. The van der Waals surface area contributed by atoms with Crippen molar-refractivity contribution in [2.24, 2.45) is 0 Å². The van der Waals surface area contributed by atoms with Crippen LogP contribution in [-0.4, -0.2) is 20.1 Å². The number of carbonyl (C=O) groups excluding carboxylic acids is 1. The van der Waals surface area contributed by atoms with Gasteiger partial charge in [-0.05, 0) is 6.08 Å². The summed E-state index contributed by atoms with van der Waals surface area (Å²) in [5.74, 6) is 0.588. The standard InChI is InChI=1S/C11H12ClNO3/c1-4-11(14)13-8-6-9(15-2)7(12)5-10(8)16-3/h4-6H,1H2,2-3H3,(H,13,14). The van der Waals surface area contributed by atoms with E-state index in [0.29, 0.717) is 22.2 Å². The van der Waals surface area contributed by atoms with Gasteiger partial charge < -0.3 is 14.8 Å². The first-order valence-corrected chi connectivity index (χ1v) is 4.85. The molecule has 1 N–H and O–H groups in total. The summed E-state index contributed by atoms with van der Waals surface area (Å²) in [7, 11) is 2.98. The third kappa shape index (κ3) is 2.67. The van der Waals surface area contributed by atoms with Crippen molar-refractivity contribution >= 4 is 23.2 Å². The molecule has 86 valence electrons. The molecular formula is C11H12ClNO3. The van der Waals surface area contributed by atoms with E-state index >= 15 is 0 Å². The van der Waals surface area contributed by atoms with Gasteiger partial charge in [0.2, 0.25) is 5.91 Å². The van der Waals surface area contributed by atoms with Crippen molar-refractivity contribution in [3.05, 3.63) is 29.8 Å². The monoisotopic (exact) mass is 241 g/mol. The molecule has 1 rings (SSSR count). The van der Waals surface area contributed by atoms with Crippen LogP contribution < -0.4 is 14.8 Å². The van der Waals surface area contributed by atoms with Gasteiger partial charge >= 0.3 is 0 Å². The number of carbonyl (C=O) groups is 1. The van der Waals surface area contributed by atoms with E-state index in [1.54, 1.807) is 12.1 Å². The first kappa shape index (κ1) is 12.4. The minimum Gasteiger partial charge on any atom is -0.495 e. The zero-order valence-electron chi connectivity index (χ0n) is 9.04. The van der Waals surface area contributed by atoms with Crippen molar-refractivity contribution in [1.29, 1.82) is 0 Å². The minimum absolute atomic E-state index is 0.331. The molecule has 0 saturated carbocycles. The Morgan fingerprint density at radius 2 is 2.00 bits per heavy atom. The lowest BCUT2D eigenvalue weighted by Gasteiger charge is -2.12. The molecule has 0 saturated heterocycles. The Balaban J connectivity index is 3.14. The molecule has 0 heterocycles. The van der Waals surface area contributed by atoms with Crippen LogP contribution in [0.3, 0.4) is 0 Å². The number of anilines is 1. The maximum absolute atomic E-state index is 11.2. The molecule has 0 spiro atoms. The topological polar surface area (TPSA) is 47.6 Å². The third-order valence-electron chi connectivity index (χ3n) is 1.92. The zero-order valence-corrected chi connectivity index (χ0v) is 9.80. The van der Waals surface area contributed by atoms with Crippen molar-refractivity contribution in [2.45, 2.75) is 0 Å². The largest absolute Gasteiger partial charge is 0.495 e. The number of methoxy groups -OCH3 is 2. The molecule has 16 heavy (non-hydrogen) atoms. The molecule has 0 radical (unpaired) electrons. The van der Waals surface area contributed by atoms with Crippen molar-refractivity contribution in [3.8, 4) is 11.5 Å². The van der Waals surface area contributed by atoms with Crippen LogP contribution in [0.25, 0.3) is 0 Å². The van der Waals surface area contributed by atoms with E-state index in [1.807, 2.05) is 0 Å². The van der Waals surface area contributed by atoms with Crippen LogP contribution >= 0.6 is 11.6 Å². The summed E-state index contributed by atoms with van der Waals surface area (Å²) in [6, 6.07) is 3.15. The molecule has 0 aliphatic carbocycles. The number of amides is 1. The molecule has 0 fully saturated rings. The fourth-order valence-corrected chi connectivity index (χ4v) is 1.37. The van der Waals surface area contributed by atoms with E-state index in [0.717, 1.165) is 0 Å². The number of nitrogens with one attached hydrogen (secondary N) is 1. The molecule has 5 heteroatoms. The molecule has 0 unspecified atom stereocenters. The highest BCUT2D eigenvalue weighted by atomic mass is 35.5. The van der Waals surface area contributed by atoms with Crippen LogP contribution in [0.2, 0.25) is 5.02 Å². The molecule has 1 aromatic rings. The minimum atomic E-state index is -0.331. The van der Waals surface area contributed by atoms with E-state index in [1.165, 1.54) is 20.3 Å². The van der Waals surface area contributed by atoms with E-state index in [9.17, 15) is 4.79 Å². The number of benzene rings is 1. The highest BCUT2D eigenvalue weighted by Gasteiger charge is 2.10. The van der Waals surface area contributed by atoms with E-state index in [-0.39, 0.29) is 5.91 Å². The van der Waals surface area contributed by atoms with Gasteiger partial charge in [0.05, 0.1) is 24.9 Å². The smallest absolute Gasteiger partial charge is 0.247 e. The van der Waals surface area contributed by atoms with E-state index < -0.39 is 0 Å². The molecule has 4 nitrogen and oxygen atoms in total. The molecule has 0 atom stereocenters. The summed E-state index contributed by atoms with van der Waals surface area (Å²) < 4.78 is 10.1. The second-order valence-corrected chi connectivity index (χ2v) is 3.29. The maximum Gasteiger partial charge on any atom is 0.247 e. The molecule has 0 aliphatic rings. The Bertz CT molecular complexity index is 418. The van der Waals surface area contributed by atoms with E-state index in [4.69, 9.17) is 21.1 Å². The lowest BCUT2D eigenvalue weighted by Crippen LogP contribution is -2.08. The van der Waals surface area contributed by atoms with Crippen molar-refractivity contribution in [3.63, 3.8) is 0 Å². The number of ether oxygens (including phenoxy) is 2. The van der Waals surface area contributed by atoms with Gasteiger partial charge in [-0.3, -0.25) is 4.79 Å². The number of hydrogen-bond acceptors (Lipinski definition) is 3. The zero-order chi connectivity index (χ0) is 12.1. The molecule has 0 aliphatic heterocycles. The van der Waals surface area contributed by atoms with Gasteiger partial charge in [-0.15, -0.1) is 0 Å². The van der Waals surface area contributed by atoms with Gasteiger partial charge in [0.1, 0.15) is 11.5 Å². The van der Waals surface area contributed by atoms with Crippen molar-refractivity contribution < 1.29 is 14.3 Å². The molecule has 1 amide bonds. The molecule has 0 bridgehead atoms. The first-order chi connectivity index (χ1) is 7.62. The Kier molecular flexibility index (Phi) is 4.19.